The SMILES string of the molecule is Cc1ccccc1C1CC(NC2CCOC2C2CC2)C1. The highest BCUT2D eigenvalue weighted by Crippen LogP contribution is 2.42. The number of rotatable bonds is 4. The molecule has 2 heteroatoms. The van der Waals surface area contributed by atoms with Crippen molar-refractivity contribution >= 4 is 0 Å². The summed E-state index contributed by atoms with van der Waals surface area (Å²) < 4.78 is 5.93. The molecule has 2 aliphatic carbocycles. The van der Waals surface area contributed by atoms with E-state index < -0.39 is 0 Å². The normalized spacial score (nSPS) is 36.9. The van der Waals surface area contributed by atoms with Crippen molar-refractivity contribution in [1.29, 1.82) is 0 Å². The maximum absolute atomic E-state index is 5.93. The third kappa shape index (κ3) is 2.40. The lowest BCUT2D eigenvalue weighted by Crippen LogP contribution is -2.49. The van der Waals surface area contributed by atoms with E-state index in [1.807, 2.05) is 0 Å². The largest absolute Gasteiger partial charge is 0.376 e. The van der Waals surface area contributed by atoms with Crippen molar-refractivity contribution in [3.63, 3.8) is 0 Å². The Morgan fingerprint density at radius 3 is 2.65 bits per heavy atom. The molecule has 1 aliphatic heterocycles. The Morgan fingerprint density at radius 2 is 1.90 bits per heavy atom. The van der Waals surface area contributed by atoms with Gasteiger partial charge in [-0.2, -0.15) is 0 Å². The Bertz CT molecular complexity index is 476. The first-order chi connectivity index (χ1) is 9.81. The van der Waals surface area contributed by atoms with Crippen LogP contribution in [0.2, 0.25) is 0 Å². The number of benzene rings is 1. The highest BCUT2D eigenvalue weighted by molar-refractivity contribution is 5.31. The molecule has 0 spiro atoms. The van der Waals surface area contributed by atoms with E-state index in [0.717, 1.165) is 18.4 Å². The summed E-state index contributed by atoms with van der Waals surface area (Å²) in [6.07, 6.45) is 7.12. The molecule has 3 fully saturated rings. The lowest BCUT2D eigenvalue weighted by atomic mass is 9.74. The third-order valence-electron chi connectivity index (χ3n) is 5.44. The molecule has 1 aromatic rings. The van der Waals surface area contributed by atoms with E-state index in [2.05, 4.69) is 36.5 Å². The zero-order valence-electron chi connectivity index (χ0n) is 12.3. The maximum Gasteiger partial charge on any atom is 0.0757 e. The summed E-state index contributed by atoms with van der Waals surface area (Å²) in [6.45, 7) is 3.21. The molecule has 0 bridgehead atoms. The molecule has 0 radical (unpaired) electrons. The van der Waals surface area contributed by atoms with Crippen molar-refractivity contribution in [1.82, 2.24) is 5.32 Å². The van der Waals surface area contributed by atoms with Crippen molar-refractivity contribution in [2.24, 2.45) is 5.92 Å². The molecule has 1 heterocycles. The van der Waals surface area contributed by atoms with Crippen LogP contribution in [0.25, 0.3) is 0 Å². The van der Waals surface area contributed by atoms with E-state index in [1.165, 1.54) is 37.7 Å². The molecule has 1 aromatic carbocycles. The third-order valence-corrected chi connectivity index (χ3v) is 5.44. The predicted octanol–water partition coefficient (Wildman–Crippen LogP) is 3.40. The van der Waals surface area contributed by atoms with Gasteiger partial charge in [0.2, 0.25) is 0 Å². The molecule has 2 unspecified atom stereocenters. The average Bonchev–Trinajstić information content (AvgIpc) is 3.15. The minimum Gasteiger partial charge on any atom is -0.376 e. The number of hydrogen-bond acceptors (Lipinski definition) is 2. The predicted molar refractivity (Wildman–Crippen MR) is 80.9 cm³/mol. The summed E-state index contributed by atoms with van der Waals surface area (Å²) in [6, 6.07) is 10.2. The van der Waals surface area contributed by atoms with Gasteiger partial charge in [0.15, 0.2) is 0 Å². The Kier molecular flexibility index (Phi) is 3.31. The van der Waals surface area contributed by atoms with Gasteiger partial charge in [0.1, 0.15) is 0 Å². The van der Waals surface area contributed by atoms with E-state index in [9.17, 15) is 0 Å². The fraction of sp³-hybridized carbons (Fsp3) is 0.667. The first-order valence-electron chi connectivity index (χ1n) is 8.24. The maximum atomic E-state index is 5.93. The summed E-state index contributed by atoms with van der Waals surface area (Å²) in [5.41, 5.74) is 3.02. The Balaban J connectivity index is 1.32. The Morgan fingerprint density at radius 1 is 1.10 bits per heavy atom. The molecule has 1 saturated heterocycles. The van der Waals surface area contributed by atoms with Crippen molar-refractivity contribution in [3.8, 4) is 0 Å². The van der Waals surface area contributed by atoms with Gasteiger partial charge >= 0.3 is 0 Å². The van der Waals surface area contributed by atoms with Gasteiger partial charge in [-0.25, -0.2) is 0 Å². The molecule has 4 rings (SSSR count). The zero-order valence-corrected chi connectivity index (χ0v) is 12.3. The average molecular weight is 271 g/mol. The molecule has 2 atom stereocenters. The molecular weight excluding hydrogens is 246 g/mol. The van der Waals surface area contributed by atoms with Crippen molar-refractivity contribution in [2.75, 3.05) is 6.61 Å². The van der Waals surface area contributed by atoms with Gasteiger partial charge in [-0.15, -0.1) is 0 Å². The quantitative estimate of drug-likeness (QED) is 0.906. The molecule has 0 amide bonds. The summed E-state index contributed by atoms with van der Waals surface area (Å²) >= 11 is 0. The smallest absolute Gasteiger partial charge is 0.0757 e. The van der Waals surface area contributed by atoms with E-state index in [0.29, 0.717) is 18.2 Å². The number of nitrogens with one attached hydrogen (secondary N) is 1. The number of ether oxygens (including phenoxy) is 1. The minimum absolute atomic E-state index is 0.521. The van der Waals surface area contributed by atoms with Gasteiger partial charge in [0.25, 0.3) is 0 Å². The summed E-state index contributed by atoms with van der Waals surface area (Å²) in [5.74, 6) is 1.64. The molecule has 2 nitrogen and oxygen atoms in total. The van der Waals surface area contributed by atoms with Crippen LogP contribution in [0.3, 0.4) is 0 Å². The Labute approximate surface area is 121 Å². The van der Waals surface area contributed by atoms with Crippen LogP contribution in [-0.2, 0) is 4.74 Å². The van der Waals surface area contributed by atoms with Gasteiger partial charge in [0.05, 0.1) is 6.10 Å². The molecule has 3 aliphatic rings. The van der Waals surface area contributed by atoms with Crippen molar-refractivity contribution in [3.05, 3.63) is 35.4 Å². The van der Waals surface area contributed by atoms with Crippen LogP contribution in [-0.4, -0.2) is 24.8 Å². The Hall–Kier alpha value is -0.860. The standard InChI is InChI=1S/C18H25NO/c1-12-4-2-3-5-16(12)14-10-15(11-14)19-17-8-9-20-18(17)13-6-7-13/h2-5,13-15,17-19H,6-11H2,1H3. The molecule has 20 heavy (non-hydrogen) atoms. The van der Waals surface area contributed by atoms with Gasteiger partial charge in [-0.05, 0) is 62.0 Å². The van der Waals surface area contributed by atoms with Gasteiger partial charge < -0.3 is 10.1 Å². The summed E-state index contributed by atoms with van der Waals surface area (Å²) in [5, 5.41) is 3.88. The van der Waals surface area contributed by atoms with E-state index in [4.69, 9.17) is 4.74 Å². The van der Waals surface area contributed by atoms with Crippen LogP contribution >= 0.6 is 0 Å². The fourth-order valence-corrected chi connectivity index (χ4v) is 4.03. The zero-order chi connectivity index (χ0) is 13.5. The van der Waals surface area contributed by atoms with Crippen LogP contribution in [0, 0.1) is 12.8 Å². The summed E-state index contributed by atoms with van der Waals surface area (Å²) in [4.78, 5) is 0. The van der Waals surface area contributed by atoms with Crippen LogP contribution in [0.5, 0.6) is 0 Å². The highest BCUT2D eigenvalue weighted by Gasteiger charge is 2.42. The van der Waals surface area contributed by atoms with E-state index in [1.54, 1.807) is 5.56 Å². The second-order valence-electron chi connectivity index (χ2n) is 6.96. The number of aryl methyl sites for hydroxylation is 1. The first-order valence-corrected chi connectivity index (χ1v) is 8.24. The van der Waals surface area contributed by atoms with Gasteiger partial charge in [-0.3, -0.25) is 0 Å². The van der Waals surface area contributed by atoms with Crippen molar-refractivity contribution < 1.29 is 4.74 Å². The molecule has 108 valence electrons. The highest BCUT2D eigenvalue weighted by atomic mass is 16.5. The number of hydrogen-bond donors (Lipinski definition) is 1. The topological polar surface area (TPSA) is 21.3 Å². The van der Waals surface area contributed by atoms with E-state index in [-0.39, 0.29) is 0 Å². The van der Waals surface area contributed by atoms with Crippen LogP contribution in [0.1, 0.15) is 49.1 Å². The first kappa shape index (κ1) is 12.8. The summed E-state index contributed by atoms with van der Waals surface area (Å²) in [7, 11) is 0. The van der Waals surface area contributed by atoms with Crippen molar-refractivity contribution in [2.45, 2.75) is 63.1 Å². The second kappa shape index (κ2) is 5.16. The van der Waals surface area contributed by atoms with Crippen LogP contribution < -0.4 is 5.32 Å². The molecular formula is C18H25NO. The lowest BCUT2D eigenvalue weighted by Gasteiger charge is -2.39. The molecule has 1 N–H and O–H groups in total. The lowest BCUT2D eigenvalue weighted by molar-refractivity contribution is 0.0749. The second-order valence-corrected chi connectivity index (χ2v) is 6.96. The van der Waals surface area contributed by atoms with Crippen LogP contribution in [0.4, 0.5) is 0 Å². The van der Waals surface area contributed by atoms with E-state index >= 15 is 0 Å². The fourth-order valence-electron chi connectivity index (χ4n) is 4.03. The molecule has 0 aromatic heterocycles. The van der Waals surface area contributed by atoms with Crippen LogP contribution in [0.15, 0.2) is 24.3 Å². The monoisotopic (exact) mass is 271 g/mol. The minimum atomic E-state index is 0.521. The van der Waals surface area contributed by atoms with Gasteiger partial charge in [0, 0.05) is 18.7 Å². The van der Waals surface area contributed by atoms with Gasteiger partial charge in [-0.1, -0.05) is 24.3 Å². The molecule has 2 saturated carbocycles.